The number of hydrogen-bond acceptors (Lipinski definition) is 7. The number of ether oxygens (including phenoxy) is 2. The van der Waals surface area contributed by atoms with Gasteiger partial charge in [-0.15, -0.1) is 5.10 Å². The number of carbonyl (C=O) groups is 1. The number of hydrogen-bond donors (Lipinski definition) is 1. The van der Waals surface area contributed by atoms with Gasteiger partial charge in [0.1, 0.15) is 0 Å². The topological polar surface area (TPSA) is 99.6 Å². The van der Waals surface area contributed by atoms with Crippen molar-refractivity contribution in [2.24, 2.45) is 0 Å². The van der Waals surface area contributed by atoms with Gasteiger partial charge >= 0.3 is 6.01 Å². The molecule has 3 rings (SSSR count). The van der Waals surface area contributed by atoms with E-state index < -0.39 is 5.91 Å². The molecule has 8 heteroatoms. The maximum absolute atomic E-state index is 12.4. The molecule has 0 fully saturated rings. The first-order valence-corrected chi connectivity index (χ1v) is 6.62. The number of methoxy groups -OCH3 is 2. The van der Waals surface area contributed by atoms with Crippen molar-refractivity contribution in [3.05, 3.63) is 42.2 Å². The number of anilines is 1. The van der Waals surface area contributed by atoms with Crippen LogP contribution in [0.3, 0.4) is 0 Å². The highest BCUT2D eigenvalue weighted by Gasteiger charge is 2.19. The lowest BCUT2D eigenvalue weighted by Gasteiger charge is -2.11. The zero-order chi connectivity index (χ0) is 16.2. The number of aromatic nitrogens is 2. The molecular weight excluding hydrogens is 302 g/mol. The molecule has 8 nitrogen and oxygen atoms in total. The zero-order valence-electron chi connectivity index (χ0n) is 12.4. The third-order valence-corrected chi connectivity index (χ3v) is 3.02. The summed E-state index contributed by atoms with van der Waals surface area (Å²) in [6, 6.07) is 8.28. The number of para-hydroxylation sites is 1. The third-order valence-electron chi connectivity index (χ3n) is 3.02. The van der Waals surface area contributed by atoms with Gasteiger partial charge in [-0.05, 0) is 24.3 Å². The summed E-state index contributed by atoms with van der Waals surface area (Å²) in [6.45, 7) is 0. The number of benzene rings is 1. The van der Waals surface area contributed by atoms with E-state index in [4.69, 9.17) is 18.3 Å². The zero-order valence-corrected chi connectivity index (χ0v) is 12.4. The summed E-state index contributed by atoms with van der Waals surface area (Å²) in [5, 5.41) is 10.1. The Labute approximate surface area is 131 Å². The number of furan rings is 1. The highest BCUT2D eigenvalue weighted by molar-refractivity contribution is 6.05. The fraction of sp³-hybridized carbons (Fsp3) is 0.133. The molecular formula is C15H13N3O5. The number of nitrogens with zero attached hydrogens (tertiary/aromatic N) is 2. The monoisotopic (exact) mass is 315 g/mol. The summed E-state index contributed by atoms with van der Waals surface area (Å²) in [6.07, 6.45) is 1.49. The molecule has 0 saturated heterocycles. The van der Waals surface area contributed by atoms with Crippen molar-refractivity contribution >= 4 is 11.9 Å². The number of amides is 1. The van der Waals surface area contributed by atoms with Crippen LogP contribution in [0.15, 0.2) is 45.4 Å². The predicted molar refractivity (Wildman–Crippen MR) is 79.5 cm³/mol. The Bertz CT molecular complexity index is 810. The molecule has 0 atom stereocenters. The van der Waals surface area contributed by atoms with E-state index in [9.17, 15) is 4.79 Å². The van der Waals surface area contributed by atoms with Gasteiger partial charge in [0.25, 0.3) is 11.8 Å². The molecule has 0 aliphatic rings. The number of rotatable bonds is 5. The molecule has 2 heterocycles. The average Bonchev–Trinajstić information content (AvgIpc) is 3.25. The lowest BCUT2D eigenvalue weighted by atomic mass is 10.1. The van der Waals surface area contributed by atoms with Gasteiger partial charge < -0.3 is 18.3 Å². The van der Waals surface area contributed by atoms with E-state index in [1.807, 2.05) is 0 Å². The number of nitrogens with one attached hydrogen (secondary N) is 1. The fourth-order valence-corrected chi connectivity index (χ4v) is 2.00. The van der Waals surface area contributed by atoms with E-state index in [0.717, 1.165) is 0 Å². The average molecular weight is 315 g/mol. The van der Waals surface area contributed by atoms with Crippen LogP contribution in [-0.2, 0) is 0 Å². The smallest absolute Gasteiger partial charge is 0.322 e. The first kappa shape index (κ1) is 14.6. The van der Waals surface area contributed by atoms with Crippen LogP contribution in [0.1, 0.15) is 10.4 Å². The van der Waals surface area contributed by atoms with Crippen molar-refractivity contribution in [1.82, 2.24) is 10.2 Å². The minimum atomic E-state index is -0.463. The van der Waals surface area contributed by atoms with Crippen molar-refractivity contribution in [2.75, 3.05) is 19.5 Å². The quantitative estimate of drug-likeness (QED) is 0.772. The molecule has 1 aromatic carbocycles. The summed E-state index contributed by atoms with van der Waals surface area (Å²) < 4.78 is 20.9. The molecule has 118 valence electrons. The molecule has 0 bridgehead atoms. The second-order valence-electron chi connectivity index (χ2n) is 4.38. The van der Waals surface area contributed by atoms with Crippen LogP contribution in [0.5, 0.6) is 11.5 Å². The Hall–Kier alpha value is -3.29. The van der Waals surface area contributed by atoms with Crippen LogP contribution < -0.4 is 14.8 Å². The van der Waals surface area contributed by atoms with E-state index in [2.05, 4.69) is 15.5 Å². The van der Waals surface area contributed by atoms with Gasteiger partial charge in [-0.3, -0.25) is 10.1 Å². The molecule has 0 aliphatic heterocycles. The van der Waals surface area contributed by atoms with Crippen molar-refractivity contribution in [1.29, 1.82) is 0 Å². The lowest BCUT2D eigenvalue weighted by molar-refractivity contribution is 0.102. The SMILES string of the molecule is COc1cccc(C(=O)Nc2nnc(-c3ccco3)o2)c1OC. The van der Waals surface area contributed by atoms with Gasteiger partial charge in [0.2, 0.25) is 0 Å². The van der Waals surface area contributed by atoms with Gasteiger partial charge in [0.15, 0.2) is 17.3 Å². The van der Waals surface area contributed by atoms with E-state index in [1.165, 1.54) is 20.5 Å². The van der Waals surface area contributed by atoms with E-state index in [-0.39, 0.29) is 17.5 Å². The first-order valence-electron chi connectivity index (χ1n) is 6.62. The van der Waals surface area contributed by atoms with Crippen LogP contribution in [0.25, 0.3) is 11.7 Å². The summed E-state index contributed by atoms with van der Waals surface area (Å²) in [7, 11) is 2.95. The van der Waals surface area contributed by atoms with Gasteiger partial charge in [-0.2, -0.15) is 0 Å². The Morgan fingerprint density at radius 1 is 1.13 bits per heavy atom. The normalized spacial score (nSPS) is 10.3. The van der Waals surface area contributed by atoms with Crippen LogP contribution >= 0.6 is 0 Å². The summed E-state index contributed by atoms with van der Waals surface area (Å²) in [4.78, 5) is 12.4. The van der Waals surface area contributed by atoms with Crippen molar-refractivity contribution < 1.29 is 23.1 Å². The van der Waals surface area contributed by atoms with E-state index in [1.54, 1.807) is 30.3 Å². The van der Waals surface area contributed by atoms with Crippen LogP contribution in [-0.4, -0.2) is 30.3 Å². The predicted octanol–water partition coefficient (Wildman–Crippen LogP) is 2.60. The third kappa shape index (κ3) is 2.86. The fourth-order valence-electron chi connectivity index (χ4n) is 2.00. The summed E-state index contributed by atoms with van der Waals surface area (Å²) in [5.41, 5.74) is 0.282. The largest absolute Gasteiger partial charge is 0.493 e. The molecule has 0 aliphatic carbocycles. The molecule has 1 N–H and O–H groups in total. The summed E-state index contributed by atoms with van der Waals surface area (Å²) >= 11 is 0. The Morgan fingerprint density at radius 3 is 2.70 bits per heavy atom. The van der Waals surface area contributed by atoms with Crippen molar-refractivity contribution in [3.63, 3.8) is 0 Å². The van der Waals surface area contributed by atoms with Crippen molar-refractivity contribution in [2.45, 2.75) is 0 Å². The number of carbonyl (C=O) groups excluding carboxylic acids is 1. The maximum atomic E-state index is 12.4. The maximum Gasteiger partial charge on any atom is 0.322 e. The Morgan fingerprint density at radius 2 is 2.00 bits per heavy atom. The molecule has 3 aromatic rings. The second-order valence-corrected chi connectivity index (χ2v) is 4.38. The van der Waals surface area contributed by atoms with Gasteiger partial charge in [0, 0.05) is 0 Å². The molecule has 23 heavy (non-hydrogen) atoms. The first-order chi connectivity index (χ1) is 11.2. The Balaban J connectivity index is 1.83. The van der Waals surface area contributed by atoms with Gasteiger partial charge in [-0.1, -0.05) is 11.2 Å². The molecule has 0 saturated carbocycles. The molecule has 0 unspecified atom stereocenters. The van der Waals surface area contributed by atoms with E-state index in [0.29, 0.717) is 17.3 Å². The van der Waals surface area contributed by atoms with Crippen LogP contribution in [0.4, 0.5) is 6.01 Å². The Kier molecular flexibility index (Phi) is 3.96. The van der Waals surface area contributed by atoms with Crippen LogP contribution in [0.2, 0.25) is 0 Å². The highest BCUT2D eigenvalue weighted by atomic mass is 16.5. The molecule has 0 spiro atoms. The second kappa shape index (κ2) is 6.22. The minimum Gasteiger partial charge on any atom is -0.493 e. The molecule has 2 aromatic heterocycles. The highest BCUT2D eigenvalue weighted by Crippen LogP contribution is 2.31. The lowest BCUT2D eigenvalue weighted by Crippen LogP contribution is -2.13. The van der Waals surface area contributed by atoms with Crippen LogP contribution in [0, 0.1) is 0 Å². The summed E-state index contributed by atoms with van der Waals surface area (Å²) in [5.74, 6) is 0.885. The standard InChI is InChI=1S/C15H13N3O5/c1-20-10-6-3-5-9(12(10)21-2)13(19)16-15-18-17-14(23-15)11-7-4-8-22-11/h3-8H,1-2H3,(H,16,18,19). The van der Waals surface area contributed by atoms with Gasteiger partial charge in [0.05, 0.1) is 26.0 Å². The van der Waals surface area contributed by atoms with E-state index >= 15 is 0 Å². The van der Waals surface area contributed by atoms with Crippen molar-refractivity contribution in [3.8, 4) is 23.1 Å². The molecule has 0 radical (unpaired) electrons. The minimum absolute atomic E-state index is 0.0497. The molecule has 1 amide bonds. The van der Waals surface area contributed by atoms with Gasteiger partial charge in [-0.25, -0.2) is 0 Å².